The van der Waals surface area contributed by atoms with Gasteiger partial charge in [0.05, 0.1) is 0 Å². The third-order valence-corrected chi connectivity index (χ3v) is 3.39. The lowest BCUT2D eigenvalue weighted by molar-refractivity contribution is 0.709. The van der Waals surface area contributed by atoms with E-state index in [0.29, 0.717) is 0 Å². The first kappa shape index (κ1) is 11.9. The van der Waals surface area contributed by atoms with Crippen molar-refractivity contribution >= 4 is 24.4 Å². The fourth-order valence-electron chi connectivity index (χ4n) is 1.13. The van der Waals surface area contributed by atoms with Gasteiger partial charge in [-0.2, -0.15) is 12.6 Å². The number of thiol groups is 1. The first-order valence-electron chi connectivity index (χ1n) is 4.92. The molecule has 0 saturated carbocycles. The molecular weight excluding hydrogens is 214 g/mol. The molecule has 0 saturated heterocycles. The van der Waals surface area contributed by atoms with Gasteiger partial charge in [0.2, 0.25) is 0 Å². The molecule has 1 aromatic heterocycles. The molecule has 0 radical (unpaired) electrons. The van der Waals surface area contributed by atoms with Gasteiger partial charge >= 0.3 is 0 Å². The van der Waals surface area contributed by atoms with E-state index in [1.54, 1.807) is 18.1 Å². The average Bonchev–Trinajstić information content (AvgIpc) is 2.58. The molecule has 1 rings (SSSR count). The number of aromatic nitrogens is 3. The minimum Gasteiger partial charge on any atom is -0.312 e. The largest absolute Gasteiger partial charge is 0.312 e. The standard InChI is InChI=1S/C9H17N3S2/c1-12-8-10-11-9(12)14-7-5-3-2-4-6-13/h8,13H,2-7H2,1H3. The van der Waals surface area contributed by atoms with Crippen molar-refractivity contribution in [1.29, 1.82) is 0 Å². The predicted molar refractivity (Wildman–Crippen MR) is 64.0 cm³/mol. The summed E-state index contributed by atoms with van der Waals surface area (Å²) in [5.74, 6) is 2.15. The zero-order valence-corrected chi connectivity index (χ0v) is 10.2. The van der Waals surface area contributed by atoms with Crippen LogP contribution in [0.5, 0.6) is 0 Å². The summed E-state index contributed by atoms with van der Waals surface area (Å²) >= 11 is 5.96. The van der Waals surface area contributed by atoms with Crippen LogP contribution in [0, 0.1) is 0 Å². The Hall–Kier alpha value is -0.160. The van der Waals surface area contributed by atoms with Gasteiger partial charge in [0.1, 0.15) is 6.33 Å². The Bertz CT molecular complexity index is 250. The van der Waals surface area contributed by atoms with Gasteiger partial charge in [-0.25, -0.2) is 0 Å². The van der Waals surface area contributed by atoms with Crippen LogP contribution in [0.2, 0.25) is 0 Å². The van der Waals surface area contributed by atoms with Crippen molar-refractivity contribution in [2.24, 2.45) is 7.05 Å². The quantitative estimate of drug-likeness (QED) is 0.444. The maximum Gasteiger partial charge on any atom is 0.190 e. The minimum absolute atomic E-state index is 1.01. The van der Waals surface area contributed by atoms with E-state index < -0.39 is 0 Å². The Morgan fingerprint density at radius 2 is 2.14 bits per heavy atom. The van der Waals surface area contributed by atoms with Crippen molar-refractivity contribution in [3.63, 3.8) is 0 Å². The third-order valence-electron chi connectivity index (χ3n) is 1.95. The van der Waals surface area contributed by atoms with Gasteiger partial charge in [-0.3, -0.25) is 0 Å². The van der Waals surface area contributed by atoms with Crippen LogP contribution >= 0.6 is 24.4 Å². The third kappa shape index (κ3) is 4.37. The Morgan fingerprint density at radius 1 is 1.36 bits per heavy atom. The second-order valence-corrected chi connectivity index (χ2v) is 4.72. The summed E-state index contributed by atoms with van der Waals surface area (Å²) in [6, 6.07) is 0. The maximum atomic E-state index is 4.18. The molecule has 0 unspecified atom stereocenters. The van der Waals surface area contributed by atoms with Gasteiger partial charge in [0.25, 0.3) is 0 Å². The van der Waals surface area contributed by atoms with Crippen molar-refractivity contribution in [3.05, 3.63) is 6.33 Å². The van der Waals surface area contributed by atoms with E-state index in [1.165, 1.54) is 25.7 Å². The van der Waals surface area contributed by atoms with Crippen molar-refractivity contribution in [2.45, 2.75) is 30.8 Å². The van der Waals surface area contributed by atoms with E-state index in [4.69, 9.17) is 0 Å². The van der Waals surface area contributed by atoms with Gasteiger partial charge in [-0.05, 0) is 18.6 Å². The Morgan fingerprint density at radius 3 is 2.79 bits per heavy atom. The SMILES string of the molecule is Cn1cnnc1SCCCCCCS. The molecule has 0 bridgehead atoms. The van der Waals surface area contributed by atoms with E-state index in [0.717, 1.165) is 16.7 Å². The highest BCUT2D eigenvalue weighted by Crippen LogP contribution is 2.15. The Kier molecular flexibility index (Phi) is 6.10. The molecule has 1 heterocycles. The predicted octanol–water partition coefficient (Wildman–Crippen LogP) is 2.40. The first-order valence-corrected chi connectivity index (χ1v) is 6.54. The average molecular weight is 231 g/mol. The monoisotopic (exact) mass is 231 g/mol. The van der Waals surface area contributed by atoms with Crippen LogP contribution in [0.4, 0.5) is 0 Å². The van der Waals surface area contributed by atoms with Gasteiger partial charge in [-0.1, -0.05) is 24.6 Å². The van der Waals surface area contributed by atoms with Crippen molar-refractivity contribution in [2.75, 3.05) is 11.5 Å². The smallest absolute Gasteiger partial charge is 0.190 e. The summed E-state index contributed by atoms with van der Waals surface area (Å²) in [5.41, 5.74) is 0. The van der Waals surface area contributed by atoms with E-state index >= 15 is 0 Å². The first-order chi connectivity index (χ1) is 6.84. The molecule has 14 heavy (non-hydrogen) atoms. The van der Waals surface area contributed by atoms with Crippen molar-refractivity contribution in [3.8, 4) is 0 Å². The minimum atomic E-state index is 1.01. The molecule has 0 atom stereocenters. The van der Waals surface area contributed by atoms with E-state index in [1.807, 2.05) is 11.6 Å². The number of unbranched alkanes of at least 4 members (excludes halogenated alkanes) is 3. The summed E-state index contributed by atoms with van der Waals surface area (Å²) in [6.45, 7) is 0. The highest BCUT2D eigenvalue weighted by atomic mass is 32.2. The lowest BCUT2D eigenvalue weighted by Gasteiger charge is -2.00. The van der Waals surface area contributed by atoms with Crippen LogP contribution in [-0.2, 0) is 7.05 Å². The molecule has 1 aromatic rings. The lowest BCUT2D eigenvalue weighted by atomic mass is 10.2. The van der Waals surface area contributed by atoms with E-state index in [9.17, 15) is 0 Å². The van der Waals surface area contributed by atoms with Gasteiger partial charge in [-0.15, -0.1) is 10.2 Å². The second-order valence-electron chi connectivity index (χ2n) is 3.21. The normalized spacial score (nSPS) is 10.7. The topological polar surface area (TPSA) is 30.7 Å². The molecule has 3 nitrogen and oxygen atoms in total. The molecule has 5 heteroatoms. The van der Waals surface area contributed by atoms with E-state index in [2.05, 4.69) is 22.8 Å². The summed E-state index contributed by atoms with van der Waals surface area (Å²) in [6.07, 6.45) is 6.82. The molecule has 0 aromatic carbocycles. The summed E-state index contributed by atoms with van der Waals surface area (Å²) in [7, 11) is 1.98. The highest BCUT2D eigenvalue weighted by molar-refractivity contribution is 7.99. The molecule has 0 aliphatic carbocycles. The number of thioether (sulfide) groups is 1. The molecule has 0 aliphatic heterocycles. The molecule has 0 fully saturated rings. The van der Waals surface area contributed by atoms with Crippen LogP contribution in [0.15, 0.2) is 11.5 Å². The van der Waals surface area contributed by atoms with E-state index in [-0.39, 0.29) is 0 Å². The van der Waals surface area contributed by atoms with Crippen LogP contribution in [0.1, 0.15) is 25.7 Å². The lowest BCUT2D eigenvalue weighted by Crippen LogP contribution is -1.90. The fourth-order valence-corrected chi connectivity index (χ4v) is 2.24. The van der Waals surface area contributed by atoms with Gasteiger partial charge in [0.15, 0.2) is 5.16 Å². The zero-order chi connectivity index (χ0) is 10.2. The summed E-state index contributed by atoms with van der Waals surface area (Å²) < 4.78 is 1.96. The summed E-state index contributed by atoms with van der Waals surface area (Å²) in [5, 5.41) is 8.86. The Labute approximate surface area is 95.1 Å². The molecule has 0 aliphatic rings. The zero-order valence-electron chi connectivity index (χ0n) is 8.52. The number of hydrogen-bond acceptors (Lipinski definition) is 4. The van der Waals surface area contributed by atoms with Crippen LogP contribution in [0.25, 0.3) is 0 Å². The van der Waals surface area contributed by atoms with Crippen molar-refractivity contribution in [1.82, 2.24) is 14.8 Å². The number of hydrogen-bond donors (Lipinski definition) is 1. The van der Waals surface area contributed by atoms with Gasteiger partial charge < -0.3 is 4.57 Å². The number of aryl methyl sites for hydroxylation is 1. The number of rotatable bonds is 7. The summed E-state index contributed by atoms with van der Waals surface area (Å²) in [4.78, 5) is 0. The second kappa shape index (κ2) is 7.17. The number of nitrogens with zero attached hydrogens (tertiary/aromatic N) is 3. The Balaban J connectivity index is 2.02. The molecular formula is C9H17N3S2. The van der Waals surface area contributed by atoms with Crippen LogP contribution in [-0.4, -0.2) is 26.3 Å². The molecule has 0 spiro atoms. The van der Waals surface area contributed by atoms with Gasteiger partial charge in [0, 0.05) is 12.8 Å². The molecule has 0 amide bonds. The highest BCUT2D eigenvalue weighted by Gasteiger charge is 1.99. The molecule has 80 valence electrons. The maximum absolute atomic E-state index is 4.18. The van der Waals surface area contributed by atoms with Crippen LogP contribution < -0.4 is 0 Å². The molecule has 0 N–H and O–H groups in total. The van der Waals surface area contributed by atoms with Crippen molar-refractivity contribution < 1.29 is 0 Å². The van der Waals surface area contributed by atoms with Crippen LogP contribution in [0.3, 0.4) is 0 Å². The fraction of sp³-hybridized carbons (Fsp3) is 0.778.